The smallest absolute Gasteiger partial charge is 0.269 e. The van der Waals surface area contributed by atoms with Gasteiger partial charge in [0.15, 0.2) is 0 Å². The molecule has 10 heteroatoms. The normalized spacial score (nSPS) is 15.1. The Morgan fingerprint density at radius 2 is 1.90 bits per heavy atom. The van der Waals surface area contributed by atoms with Crippen LogP contribution in [0.15, 0.2) is 54.7 Å². The van der Waals surface area contributed by atoms with Crippen molar-refractivity contribution in [2.45, 2.75) is 12.8 Å². The topological polar surface area (TPSA) is 93.2 Å². The molecule has 0 saturated carbocycles. The predicted octanol–water partition coefficient (Wildman–Crippen LogP) is 3.73. The zero-order valence-electron chi connectivity index (χ0n) is 21.8. The minimum absolute atomic E-state index is 0.0212. The second kappa shape index (κ2) is 12.5. The molecule has 1 saturated heterocycles. The van der Waals surface area contributed by atoms with Crippen LogP contribution in [0.1, 0.15) is 21.6 Å². The van der Waals surface area contributed by atoms with Gasteiger partial charge in [0.25, 0.3) is 5.91 Å². The summed E-state index contributed by atoms with van der Waals surface area (Å²) in [7, 11) is 1.55. The third-order valence-corrected chi connectivity index (χ3v) is 7.12. The van der Waals surface area contributed by atoms with Crippen LogP contribution in [0.4, 0.5) is 5.69 Å². The fourth-order valence-corrected chi connectivity index (χ4v) is 5.03. The molecule has 1 fully saturated rings. The first-order valence-corrected chi connectivity index (χ1v) is 13.4. The van der Waals surface area contributed by atoms with Crippen molar-refractivity contribution in [3.05, 3.63) is 76.6 Å². The highest BCUT2D eigenvalue weighted by Gasteiger charge is 2.26. The van der Waals surface area contributed by atoms with Crippen LogP contribution in [0.2, 0.25) is 5.02 Å². The van der Waals surface area contributed by atoms with Crippen LogP contribution in [0.25, 0.3) is 0 Å². The van der Waals surface area contributed by atoms with Gasteiger partial charge < -0.3 is 24.4 Å². The predicted molar refractivity (Wildman–Crippen MR) is 148 cm³/mol. The molecule has 39 heavy (non-hydrogen) atoms. The molecule has 2 aliphatic heterocycles. The molecule has 1 aromatic heterocycles. The third-order valence-electron chi connectivity index (χ3n) is 6.82. The molecule has 9 nitrogen and oxygen atoms in total. The molecule has 2 amide bonds. The molecule has 2 aliphatic rings. The molecular weight excluding hydrogens is 520 g/mol. The summed E-state index contributed by atoms with van der Waals surface area (Å²) in [6.07, 6.45) is 2.44. The van der Waals surface area contributed by atoms with Crippen molar-refractivity contribution in [3.63, 3.8) is 0 Å². The fraction of sp³-hybridized carbons (Fsp3) is 0.345. The maximum atomic E-state index is 13.4. The minimum atomic E-state index is -0.283. The van der Waals surface area contributed by atoms with Gasteiger partial charge in [-0.2, -0.15) is 0 Å². The Labute approximate surface area is 232 Å². The van der Waals surface area contributed by atoms with Crippen LogP contribution in [0.5, 0.6) is 17.2 Å². The second-order valence-electron chi connectivity index (χ2n) is 9.35. The van der Waals surface area contributed by atoms with E-state index in [0.29, 0.717) is 35.4 Å². The number of amides is 2. The molecule has 2 aromatic carbocycles. The van der Waals surface area contributed by atoms with Crippen LogP contribution in [-0.4, -0.2) is 74.7 Å². The lowest BCUT2D eigenvalue weighted by atomic mass is 10.1. The van der Waals surface area contributed by atoms with Crippen molar-refractivity contribution in [3.8, 4) is 17.2 Å². The van der Waals surface area contributed by atoms with E-state index in [0.717, 1.165) is 56.1 Å². The Bertz CT molecular complexity index is 1350. The highest BCUT2D eigenvalue weighted by molar-refractivity contribution is 6.32. The Kier molecular flexibility index (Phi) is 8.61. The average molecular weight is 551 g/mol. The van der Waals surface area contributed by atoms with Crippen LogP contribution < -0.4 is 19.7 Å². The van der Waals surface area contributed by atoms with Gasteiger partial charge in [-0.3, -0.25) is 19.5 Å². The van der Waals surface area contributed by atoms with E-state index in [-0.39, 0.29) is 23.9 Å². The number of halogens is 1. The van der Waals surface area contributed by atoms with E-state index < -0.39 is 0 Å². The summed E-state index contributed by atoms with van der Waals surface area (Å²) in [6.45, 7) is 5.09. The van der Waals surface area contributed by atoms with Crippen molar-refractivity contribution in [2.75, 3.05) is 57.9 Å². The first kappa shape index (κ1) is 26.9. The lowest BCUT2D eigenvalue weighted by Crippen LogP contribution is -2.38. The zero-order valence-corrected chi connectivity index (χ0v) is 22.6. The second-order valence-corrected chi connectivity index (χ2v) is 9.76. The average Bonchev–Trinajstić information content (AvgIpc) is 3.38. The molecule has 1 N–H and O–H groups in total. The number of rotatable bonds is 9. The Balaban J connectivity index is 1.24. The van der Waals surface area contributed by atoms with Crippen LogP contribution in [-0.2, 0) is 22.4 Å². The Hall–Kier alpha value is -3.66. The molecule has 0 unspecified atom stereocenters. The van der Waals surface area contributed by atoms with Crippen molar-refractivity contribution in [2.24, 2.45) is 0 Å². The van der Waals surface area contributed by atoms with E-state index in [1.54, 1.807) is 30.1 Å². The van der Waals surface area contributed by atoms with E-state index in [9.17, 15) is 9.59 Å². The van der Waals surface area contributed by atoms with E-state index >= 15 is 0 Å². The first-order chi connectivity index (χ1) is 19.0. The maximum absolute atomic E-state index is 13.4. The number of carbonyl (C=O) groups is 2. The van der Waals surface area contributed by atoms with Crippen molar-refractivity contribution in [1.29, 1.82) is 0 Å². The molecule has 204 valence electrons. The number of hydrogen-bond acceptors (Lipinski definition) is 7. The largest absolute Gasteiger partial charge is 0.490 e. The summed E-state index contributed by atoms with van der Waals surface area (Å²) < 4.78 is 17.5. The van der Waals surface area contributed by atoms with Crippen molar-refractivity contribution < 1.29 is 23.8 Å². The summed E-state index contributed by atoms with van der Waals surface area (Å²) >= 11 is 6.47. The van der Waals surface area contributed by atoms with Gasteiger partial charge in [0.2, 0.25) is 5.91 Å². The summed E-state index contributed by atoms with van der Waals surface area (Å²) in [5, 5.41) is 3.05. The summed E-state index contributed by atoms with van der Waals surface area (Å²) in [5.74, 6) is 1.40. The Morgan fingerprint density at radius 3 is 2.72 bits per heavy atom. The zero-order chi connectivity index (χ0) is 27.2. The number of carbonyl (C=O) groups excluding carboxylic acids is 2. The number of ether oxygens (including phenoxy) is 3. The molecular formula is C29H31ClN4O5. The summed E-state index contributed by atoms with van der Waals surface area (Å²) in [4.78, 5) is 33.4. The number of nitrogens with zero attached hydrogens (tertiary/aromatic N) is 3. The van der Waals surface area contributed by atoms with E-state index in [4.69, 9.17) is 25.8 Å². The number of morpholine rings is 1. The maximum Gasteiger partial charge on any atom is 0.269 e. The summed E-state index contributed by atoms with van der Waals surface area (Å²) in [5.41, 5.74) is 2.94. The van der Waals surface area contributed by atoms with E-state index in [1.165, 1.54) is 6.20 Å². The number of aromatic nitrogens is 1. The lowest BCUT2D eigenvalue weighted by Gasteiger charge is -2.26. The number of para-hydroxylation sites is 1. The molecule has 3 aromatic rings. The standard InChI is InChI=1S/C29H31ClN4O5/c1-31-29(36)25-19-23(7-9-32-25)39-22-5-6-26-20(17-22)8-10-34(26)27(35)18-21-3-2-4-24(30)28(21)38-16-13-33-11-14-37-15-12-33/h2-7,9,17,19H,8,10-16,18H2,1H3,(H,31,36). The lowest BCUT2D eigenvalue weighted by molar-refractivity contribution is -0.117. The first-order valence-electron chi connectivity index (χ1n) is 13.0. The van der Waals surface area contributed by atoms with Crippen molar-refractivity contribution >= 4 is 29.1 Å². The van der Waals surface area contributed by atoms with Gasteiger partial charge in [0.1, 0.15) is 29.5 Å². The molecule has 3 heterocycles. The van der Waals surface area contributed by atoms with Crippen LogP contribution >= 0.6 is 11.6 Å². The number of anilines is 1. The number of pyridine rings is 1. The van der Waals surface area contributed by atoms with Crippen LogP contribution in [0.3, 0.4) is 0 Å². The molecule has 0 radical (unpaired) electrons. The highest BCUT2D eigenvalue weighted by atomic mass is 35.5. The van der Waals surface area contributed by atoms with E-state index in [1.807, 2.05) is 30.3 Å². The van der Waals surface area contributed by atoms with Gasteiger partial charge in [0.05, 0.1) is 24.7 Å². The molecule has 0 atom stereocenters. The molecule has 0 bridgehead atoms. The van der Waals surface area contributed by atoms with Gasteiger partial charge in [0, 0.05) is 56.7 Å². The van der Waals surface area contributed by atoms with Gasteiger partial charge in [-0.1, -0.05) is 23.7 Å². The van der Waals surface area contributed by atoms with E-state index in [2.05, 4.69) is 15.2 Å². The number of benzene rings is 2. The third kappa shape index (κ3) is 6.50. The SMILES string of the molecule is CNC(=O)c1cc(Oc2ccc3c(c2)CCN3C(=O)Cc2cccc(Cl)c2OCCN2CCOCC2)ccn1. The van der Waals surface area contributed by atoms with Gasteiger partial charge in [-0.05, 0) is 42.3 Å². The molecule has 0 spiro atoms. The van der Waals surface area contributed by atoms with Gasteiger partial charge in [-0.15, -0.1) is 0 Å². The monoisotopic (exact) mass is 550 g/mol. The number of nitrogens with one attached hydrogen (secondary N) is 1. The molecule has 0 aliphatic carbocycles. The van der Waals surface area contributed by atoms with Crippen LogP contribution in [0, 0.1) is 0 Å². The fourth-order valence-electron chi connectivity index (χ4n) is 4.78. The Morgan fingerprint density at radius 1 is 1.08 bits per heavy atom. The minimum Gasteiger partial charge on any atom is -0.490 e. The highest BCUT2D eigenvalue weighted by Crippen LogP contribution is 2.35. The molecule has 5 rings (SSSR count). The van der Waals surface area contributed by atoms with Crippen molar-refractivity contribution in [1.82, 2.24) is 15.2 Å². The summed E-state index contributed by atoms with van der Waals surface area (Å²) in [6, 6.07) is 14.5. The quantitative estimate of drug-likeness (QED) is 0.434. The van der Waals surface area contributed by atoms with Gasteiger partial charge in [-0.25, -0.2) is 0 Å². The number of hydrogen-bond donors (Lipinski definition) is 1. The van der Waals surface area contributed by atoms with Gasteiger partial charge >= 0.3 is 0 Å². The number of fused-ring (bicyclic) bond motifs is 1.